The van der Waals surface area contributed by atoms with E-state index in [9.17, 15) is 9.90 Å². The van der Waals surface area contributed by atoms with Crippen LogP contribution in [0, 0.1) is 0 Å². The summed E-state index contributed by atoms with van der Waals surface area (Å²) in [5.41, 5.74) is 1.24. The largest absolute Gasteiger partial charge is 0.444 e. The highest BCUT2D eigenvalue weighted by atomic mass is 32.1. The summed E-state index contributed by atoms with van der Waals surface area (Å²) in [6, 6.07) is 0. The Morgan fingerprint density at radius 2 is 2.25 bits per heavy atom. The molecule has 1 aliphatic rings. The standard InChI is InChI=1S/C14H20N2O3S/c1-9-10(12-15-5-6-20-12)7-16(8-11(9)17)13(18)19-14(2,3)4/h5-6,11,17H,7-8H2,1-4H3. The molecule has 0 spiro atoms. The highest BCUT2D eigenvalue weighted by molar-refractivity contribution is 7.10. The first kappa shape index (κ1) is 15.0. The third-order valence-electron chi connectivity index (χ3n) is 3.06. The summed E-state index contributed by atoms with van der Waals surface area (Å²) in [7, 11) is 0. The molecule has 20 heavy (non-hydrogen) atoms. The number of hydrogen-bond acceptors (Lipinski definition) is 5. The summed E-state index contributed by atoms with van der Waals surface area (Å²) >= 11 is 1.50. The Hall–Kier alpha value is -1.40. The molecule has 0 saturated heterocycles. The Labute approximate surface area is 122 Å². The molecule has 110 valence electrons. The second-order valence-corrected chi connectivity index (χ2v) is 6.77. The van der Waals surface area contributed by atoms with Crippen LogP contribution in [0.1, 0.15) is 32.7 Å². The minimum atomic E-state index is -0.671. The van der Waals surface area contributed by atoms with Crippen LogP contribution in [0.3, 0.4) is 0 Å². The Morgan fingerprint density at radius 3 is 2.80 bits per heavy atom. The molecule has 1 unspecified atom stereocenters. The van der Waals surface area contributed by atoms with Gasteiger partial charge >= 0.3 is 6.09 Å². The zero-order chi connectivity index (χ0) is 14.9. The number of carbonyl (C=O) groups excluding carboxylic acids is 1. The van der Waals surface area contributed by atoms with Gasteiger partial charge in [-0.1, -0.05) is 0 Å². The number of aliphatic hydroxyl groups is 1. The van der Waals surface area contributed by atoms with E-state index >= 15 is 0 Å². The van der Waals surface area contributed by atoms with Crippen LogP contribution in [0.15, 0.2) is 17.2 Å². The van der Waals surface area contributed by atoms with E-state index in [2.05, 4.69) is 4.98 Å². The smallest absolute Gasteiger partial charge is 0.410 e. The molecule has 0 fully saturated rings. The number of ether oxygens (including phenoxy) is 1. The first-order valence-electron chi connectivity index (χ1n) is 6.53. The second kappa shape index (κ2) is 5.54. The summed E-state index contributed by atoms with van der Waals surface area (Å²) in [5, 5.41) is 12.9. The van der Waals surface area contributed by atoms with Gasteiger partial charge < -0.3 is 14.7 Å². The monoisotopic (exact) mass is 296 g/mol. The maximum absolute atomic E-state index is 12.1. The molecule has 0 saturated carbocycles. The Morgan fingerprint density at radius 1 is 1.55 bits per heavy atom. The van der Waals surface area contributed by atoms with Gasteiger partial charge in [0.25, 0.3) is 0 Å². The van der Waals surface area contributed by atoms with Crippen molar-refractivity contribution >= 4 is 23.0 Å². The summed E-state index contributed by atoms with van der Waals surface area (Å²) in [6.07, 6.45) is 0.646. The molecule has 0 radical (unpaired) electrons. The minimum Gasteiger partial charge on any atom is -0.444 e. The first-order valence-corrected chi connectivity index (χ1v) is 7.41. The average molecular weight is 296 g/mol. The minimum absolute atomic E-state index is 0.260. The van der Waals surface area contributed by atoms with Crippen LogP contribution < -0.4 is 0 Å². The maximum Gasteiger partial charge on any atom is 0.410 e. The van der Waals surface area contributed by atoms with Gasteiger partial charge in [0.15, 0.2) is 0 Å². The van der Waals surface area contributed by atoms with Gasteiger partial charge in [0.05, 0.1) is 19.2 Å². The molecule has 2 rings (SSSR count). The van der Waals surface area contributed by atoms with E-state index in [1.807, 2.05) is 33.1 Å². The van der Waals surface area contributed by atoms with Gasteiger partial charge in [-0.2, -0.15) is 0 Å². The molecule has 1 aliphatic heterocycles. The van der Waals surface area contributed by atoms with Crippen LogP contribution in [0.25, 0.3) is 5.57 Å². The van der Waals surface area contributed by atoms with Gasteiger partial charge in [0, 0.05) is 17.2 Å². The number of hydrogen-bond donors (Lipinski definition) is 1. The molecule has 1 aromatic rings. The van der Waals surface area contributed by atoms with E-state index in [0.29, 0.717) is 6.54 Å². The topological polar surface area (TPSA) is 62.7 Å². The van der Waals surface area contributed by atoms with Crippen molar-refractivity contribution in [3.63, 3.8) is 0 Å². The van der Waals surface area contributed by atoms with Crippen molar-refractivity contribution in [1.82, 2.24) is 9.88 Å². The molecule has 0 aromatic carbocycles. The number of amides is 1. The molecule has 1 N–H and O–H groups in total. The molecule has 0 bridgehead atoms. The Bertz CT molecular complexity index is 517. The first-order chi connectivity index (χ1) is 9.28. The van der Waals surface area contributed by atoms with Crippen LogP contribution in [0.2, 0.25) is 0 Å². The molecule has 2 heterocycles. The van der Waals surface area contributed by atoms with Crippen molar-refractivity contribution in [2.75, 3.05) is 13.1 Å². The molecule has 1 amide bonds. The van der Waals surface area contributed by atoms with Crippen molar-refractivity contribution in [3.8, 4) is 0 Å². The molecule has 5 nitrogen and oxygen atoms in total. The van der Waals surface area contributed by atoms with Crippen LogP contribution in [-0.2, 0) is 4.74 Å². The number of aromatic nitrogens is 1. The second-order valence-electron chi connectivity index (χ2n) is 5.88. The van der Waals surface area contributed by atoms with Crippen molar-refractivity contribution in [2.45, 2.75) is 39.4 Å². The quantitative estimate of drug-likeness (QED) is 0.865. The molecule has 1 atom stereocenters. The van der Waals surface area contributed by atoms with Gasteiger partial charge in [0.2, 0.25) is 0 Å². The van der Waals surface area contributed by atoms with Crippen molar-refractivity contribution in [3.05, 3.63) is 22.2 Å². The van der Waals surface area contributed by atoms with Gasteiger partial charge in [-0.25, -0.2) is 9.78 Å². The zero-order valence-corrected chi connectivity index (χ0v) is 13.0. The van der Waals surface area contributed by atoms with Crippen LogP contribution in [-0.4, -0.2) is 45.9 Å². The van der Waals surface area contributed by atoms with E-state index in [0.717, 1.165) is 16.2 Å². The third kappa shape index (κ3) is 3.37. The highest BCUT2D eigenvalue weighted by Gasteiger charge is 2.31. The van der Waals surface area contributed by atoms with Crippen molar-refractivity contribution in [2.24, 2.45) is 0 Å². The lowest BCUT2D eigenvalue weighted by atomic mass is 10.00. The number of β-amino-alcohol motifs (C(OH)–C–C–N with tert-alkyl or cyclic N) is 1. The number of rotatable bonds is 1. The molecule has 0 aliphatic carbocycles. The SMILES string of the molecule is CC1=C(c2nccs2)CN(C(=O)OC(C)(C)C)CC1O. The van der Waals surface area contributed by atoms with Gasteiger partial charge in [-0.15, -0.1) is 11.3 Å². The Kier molecular flexibility index (Phi) is 4.15. The van der Waals surface area contributed by atoms with E-state index in [-0.39, 0.29) is 6.54 Å². The fourth-order valence-corrected chi connectivity index (χ4v) is 2.74. The van der Waals surface area contributed by atoms with Gasteiger partial charge in [-0.3, -0.25) is 0 Å². The Balaban J connectivity index is 2.19. The summed E-state index contributed by atoms with van der Waals surface area (Å²) in [6.45, 7) is 8.05. The maximum atomic E-state index is 12.1. The predicted molar refractivity (Wildman–Crippen MR) is 78.5 cm³/mol. The van der Waals surface area contributed by atoms with E-state index < -0.39 is 17.8 Å². The lowest BCUT2D eigenvalue weighted by molar-refractivity contribution is 0.0187. The molecule has 6 heteroatoms. The normalized spacial score (nSPS) is 20.2. The predicted octanol–water partition coefficient (Wildman–Crippen LogP) is 2.53. The number of nitrogens with zero attached hydrogens (tertiary/aromatic N) is 2. The average Bonchev–Trinajstić information content (AvgIpc) is 2.83. The molecule has 1 aromatic heterocycles. The van der Waals surface area contributed by atoms with E-state index in [1.54, 1.807) is 6.20 Å². The summed E-state index contributed by atoms with van der Waals surface area (Å²) < 4.78 is 5.36. The highest BCUT2D eigenvalue weighted by Crippen LogP contribution is 2.28. The fraction of sp³-hybridized carbons (Fsp3) is 0.571. The van der Waals surface area contributed by atoms with Gasteiger partial charge in [0.1, 0.15) is 10.6 Å². The fourth-order valence-electron chi connectivity index (χ4n) is 2.00. The van der Waals surface area contributed by atoms with Crippen molar-refractivity contribution in [1.29, 1.82) is 0 Å². The molecular weight excluding hydrogens is 276 g/mol. The lowest BCUT2D eigenvalue weighted by Crippen LogP contribution is -2.45. The summed E-state index contributed by atoms with van der Waals surface area (Å²) in [5.74, 6) is 0. The zero-order valence-electron chi connectivity index (χ0n) is 12.2. The number of thiazole rings is 1. The molecular formula is C14H20N2O3S. The van der Waals surface area contributed by atoms with Gasteiger partial charge in [-0.05, 0) is 33.3 Å². The van der Waals surface area contributed by atoms with E-state index in [4.69, 9.17) is 4.74 Å². The van der Waals surface area contributed by atoms with Crippen LogP contribution in [0.4, 0.5) is 4.79 Å². The summed E-state index contributed by atoms with van der Waals surface area (Å²) in [4.78, 5) is 17.9. The lowest BCUT2D eigenvalue weighted by Gasteiger charge is -2.33. The van der Waals surface area contributed by atoms with Crippen LogP contribution >= 0.6 is 11.3 Å². The number of carbonyl (C=O) groups is 1. The number of aliphatic hydroxyl groups excluding tert-OH is 1. The van der Waals surface area contributed by atoms with E-state index in [1.165, 1.54) is 16.2 Å². The van der Waals surface area contributed by atoms with Crippen molar-refractivity contribution < 1.29 is 14.6 Å². The van der Waals surface area contributed by atoms with Crippen LogP contribution in [0.5, 0.6) is 0 Å². The third-order valence-corrected chi connectivity index (χ3v) is 3.89.